The number of nitrogens with zero attached hydrogens (tertiary/aromatic N) is 3. The molecule has 0 aliphatic heterocycles. The molecule has 0 radical (unpaired) electrons. The third-order valence-electron chi connectivity index (χ3n) is 6.30. The molecule has 1 atom stereocenters. The average molecular weight is 488 g/mol. The van der Waals surface area contributed by atoms with Gasteiger partial charge in [-0.3, -0.25) is 4.57 Å². The van der Waals surface area contributed by atoms with Crippen LogP contribution in [0.5, 0.6) is 5.75 Å². The van der Waals surface area contributed by atoms with Gasteiger partial charge in [-0.25, -0.2) is 14.6 Å². The van der Waals surface area contributed by atoms with Crippen LogP contribution in [0.1, 0.15) is 47.4 Å². The maximum Gasteiger partial charge on any atom is 0.420 e. The molecule has 0 aliphatic carbocycles. The van der Waals surface area contributed by atoms with Gasteiger partial charge in [0.1, 0.15) is 17.0 Å². The molecule has 0 unspecified atom stereocenters. The molecule has 0 aliphatic rings. The van der Waals surface area contributed by atoms with E-state index in [-0.39, 0.29) is 23.9 Å². The molecule has 2 aromatic carbocycles. The molecule has 0 bridgehead atoms. The summed E-state index contributed by atoms with van der Waals surface area (Å²) in [6.45, 7) is 7.41. The summed E-state index contributed by atoms with van der Waals surface area (Å²) in [5, 5.41) is 4.65. The summed E-state index contributed by atoms with van der Waals surface area (Å²) in [5.41, 5.74) is 3.99. The largest absolute Gasteiger partial charge is 0.496 e. The molecule has 9 nitrogen and oxygen atoms in total. The number of aryl methyl sites for hydroxylation is 2. The standard InChI is InChI=1S/C27H25N3O6/c1-6-34-26(31)23-25-24(30(27(32)35-25)15(3)17-10-8-7-9-11-17)18-13-21(33-5)19(12-20(18)28-23)22-14(2)29-36-16(22)4/h7-13,15H,6H2,1-5H3/t15-/m1/s1. The van der Waals surface area contributed by atoms with Gasteiger partial charge in [0.05, 0.1) is 36.5 Å². The molecular weight excluding hydrogens is 462 g/mol. The monoisotopic (exact) mass is 487 g/mol. The Labute approximate surface area is 206 Å². The smallest absolute Gasteiger partial charge is 0.420 e. The predicted molar refractivity (Wildman–Crippen MR) is 134 cm³/mol. The zero-order chi connectivity index (χ0) is 25.6. The van der Waals surface area contributed by atoms with Crippen molar-refractivity contribution in [3.05, 3.63) is 75.7 Å². The number of hydrogen-bond acceptors (Lipinski definition) is 8. The molecule has 184 valence electrons. The highest BCUT2D eigenvalue weighted by atomic mass is 16.5. The minimum Gasteiger partial charge on any atom is -0.496 e. The van der Waals surface area contributed by atoms with E-state index in [1.54, 1.807) is 26.2 Å². The average Bonchev–Trinajstić information content (AvgIpc) is 3.40. The highest BCUT2D eigenvalue weighted by Crippen LogP contribution is 2.40. The second kappa shape index (κ2) is 8.99. The van der Waals surface area contributed by atoms with E-state index in [4.69, 9.17) is 18.4 Å². The molecule has 3 aromatic heterocycles. The Bertz CT molecular complexity index is 1640. The topological polar surface area (TPSA) is 110 Å². The minimum atomic E-state index is -0.674. The molecule has 0 saturated carbocycles. The molecule has 9 heteroatoms. The van der Waals surface area contributed by atoms with Gasteiger partial charge in [-0.1, -0.05) is 35.5 Å². The van der Waals surface area contributed by atoms with Crippen LogP contribution in [0.15, 0.2) is 56.2 Å². The van der Waals surface area contributed by atoms with E-state index in [0.29, 0.717) is 39.2 Å². The van der Waals surface area contributed by atoms with Gasteiger partial charge in [0.15, 0.2) is 11.3 Å². The van der Waals surface area contributed by atoms with Gasteiger partial charge in [0, 0.05) is 10.9 Å². The lowest BCUT2D eigenvalue weighted by Crippen LogP contribution is -2.19. The van der Waals surface area contributed by atoms with Gasteiger partial charge in [-0.15, -0.1) is 0 Å². The lowest BCUT2D eigenvalue weighted by molar-refractivity contribution is 0.0521. The zero-order valence-electron chi connectivity index (χ0n) is 20.6. The number of oxazole rings is 1. The molecule has 5 aromatic rings. The summed E-state index contributed by atoms with van der Waals surface area (Å²) in [4.78, 5) is 30.7. The van der Waals surface area contributed by atoms with E-state index in [2.05, 4.69) is 10.1 Å². The third-order valence-corrected chi connectivity index (χ3v) is 6.30. The number of methoxy groups -OCH3 is 1. The van der Waals surface area contributed by atoms with E-state index in [1.807, 2.05) is 51.1 Å². The van der Waals surface area contributed by atoms with Crippen LogP contribution in [0.25, 0.3) is 33.1 Å². The molecule has 0 fully saturated rings. The van der Waals surface area contributed by atoms with Crippen molar-refractivity contribution in [3.8, 4) is 16.9 Å². The normalized spacial score (nSPS) is 12.2. The molecular formula is C27H25N3O6. The van der Waals surface area contributed by atoms with Crippen LogP contribution in [-0.4, -0.2) is 34.4 Å². The number of carbonyl (C=O) groups excluding carboxylic acids is 1. The summed E-state index contributed by atoms with van der Waals surface area (Å²) in [6, 6.07) is 12.8. The van der Waals surface area contributed by atoms with Crippen molar-refractivity contribution in [2.75, 3.05) is 13.7 Å². The number of aromatic nitrogens is 3. The van der Waals surface area contributed by atoms with Crippen LogP contribution >= 0.6 is 0 Å². The first kappa shape index (κ1) is 23.3. The fourth-order valence-electron chi connectivity index (χ4n) is 4.62. The second-order valence-corrected chi connectivity index (χ2v) is 8.45. The summed E-state index contributed by atoms with van der Waals surface area (Å²) in [6.07, 6.45) is 0. The lowest BCUT2D eigenvalue weighted by atomic mass is 9.99. The van der Waals surface area contributed by atoms with Crippen molar-refractivity contribution in [1.82, 2.24) is 14.7 Å². The summed E-state index contributed by atoms with van der Waals surface area (Å²) < 4.78 is 23.5. The molecule has 0 N–H and O–H groups in total. The quantitative estimate of drug-likeness (QED) is 0.300. The van der Waals surface area contributed by atoms with Crippen molar-refractivity contribution in [2.45, 2.75) is 33.7 Å². The number of esters is 1. The first-order valence-electron chi connectivity index (χ1n) is 11.6. The van der Waals surface area contributed by atoms with E-state index >= 15 is 0 Å². The van der Waals surface area contributed by atoms with Gasteiger partial charge in [0.25, 0.3) is 0 Å². The lowest BCUT2D eigenvalue weighted by Gasteiger charge is -2.16. The number of rotatable bonds is 6. The van der Waals surface area contributed by atoms with Crippen molar-refractivity contribution < 1.29 is 23.2 Å². The number of carbonyl (C=O) groups is 1. The Morgan fingerprint density at radius 1 is 1.17 bits per heavy atom. The molecule has 5 rings (SSSR count). The summed E-state index contributed by atoms with van der Waals surface area (Å²) in [5.74, 6) is -0.117. The SMILES string of the molecule is CCOC(=O)c1nc2cc(-c3c(C)noc3C)c(OC)cc2c2c1oc(=O)n2[C@H](C)c1ccccc1. The minimum absolute atomic E-state index is 0.0645. The van der Waals surface area contributed by atoms with Crippen LogP contribution in [-0.2, 0) is 4.74 Å². The first-order chi connectivity index (χ1) is 17.3. The van der Waals surface area contributed by atoms with Gasteiger partial charge in [0.2, 0.25) is 0 Å². The Balaban J connectivity index is 1.90. The van der Waals surface area contributed by atoms with Crippen molar-refractivity contribution in [2.24, 2.45) is 0 Å². The van der Waals surface area contributed by atoms with E-state index < -0.39 is 11.7 Å². The summed E-state index contributed by atoms with van der Waals surface area (Å²) >= 11 is 0. The maximum atomic E-state index is 13.2. The van der Waals surface area contributed by atoms with Crippen molar-refractivity contribution in [1.29, 1.82) is 0 Å². The molecule has 0 saturated heterocycles. The Kier molecular flexibility index (Phi) is 5.83. The van der Waals surface area contributed by atoms with Crippen LogP contribution in [0.4, 0.5) is 0 Å². The van der Waals surface area contributed by atoms with Crippen LogP contribution in [0.3, 0.4) is 0 Å². The molecule has 0 spiro atoms. The zero-order valence-corrected chi connectivity index (χ0v) is 20.6. The van der Waals surface area contributed by atoms with E-state index in [9.17, 15) is 9.59 Å². The van der Waals surface area contributed by atoms with E-state index in [0.717, 1.165) is 11.1 Å². The number of hydrogen-bond donors (Lipinski definition) is 0. The molecule has 3 heterocycles. The Hall–Kier alpha value is -4.40. The van der Waals surface area contributed by atoms with Crippen LogP contribution < -0.4 is 10.5 Å². The number of benzene rings is 2. The Morgan fingerprint density at radius 3 is 2.56 bits per heavy atom. The predicted octanol–water partition coefficient (Wildman–Crippen LogP) is 5.21. The number of ether oxygens (including phenoxy) is 2. The maximum absolute atomic E-state index is 13.2. The number of fused-ring (bicyclic) bond motifs is 3. The van der Waals surface area contributed by atoms with Gasteiger partial charge < -0.3 is 18.4 Å². The molecule has 0 amide bonds. The fraction of sp³-hybridized carbons (Fsp3) is 0.259. The fourth-order valence-corrected chi connectivity index (χ4v) is 4.62. The van der Waals surface area contributed by atoms with Gasteiger partial charge in [-0.2, -0.15) is 0 Å². The van der Waals surface area contributed by atoms with Crippen LogP contribution in [0.2, 0.25) is 0 Å². The highest BCUT2D eigenvalue weighted by molar-refractivity contribution is 6.11. The Morgan fingerprint density at radius 2 is 1.92 bits per heavy atom. The summed E-state index contributed by atoms with van der Waals surface area (Å²) in [7, 11) is 1.56. The van der Waals surface area contributed by atoms with Gasteiger partial charge >= 0.3 is 11.7 Å². The number of pyridine rings is 1. The first-order valence-corrected chi connectivity index (χ1v) is 11.6. The highest BCUT2D eigenvalue weighted by Gasteiger charge is 2.27. The van der Waals surface area contributed by atoms with Crippen molar-refractivity contribution >= 4 is 28.0 Å². The van der Waals surface area contributed by atoms with Crippen molar-refractivity contribution in [3.63, 3.8) is 0 Å². The molecule has 36 heavy (non-hydrogen) atoms. The third kappa shape index (κ3) is 3.64. The van der Waals surface area contributed by atoms with Crippen LogP contribution in [0, 0.1) is 13.8 Å². The second-order valence-electron chi connectivity index (χ2n) is 8.45. The van der Waals surface area contributed by atoms with Gasteiger partial charge in [-0.05, 0) is 45.4 Å². The van der Waals surface area contributed by atoms with E-state index in [1.165, 1.54) is 4.57 Å².